The number of rotatable bonds is 8. The lowest BCUT2D eigenvalue weighted by atomic mass is 10.2. The maximum atomic E-state index is 12.5. The lowest BCUT2D eigenvalue weighted by Crippen LogP contribution is -2.30. The number of nitrogens with one attached hydrogen (secondary N) is 1. The zero-order valence-corrected chi connectivity index (χ0v) is 16.9. The number of carbonyl (C=O) groups excluding carboxylic acids is 1. The number of hydrogen-bond acceptors (Lipinski definition) is 6. The summed E-state index contributed by atoms with van der Waals surface area (Å²) >= 11 is 0. The van der Waals surface area contributed by atoms with Crippen molar-refractivity contribution in [3.05, 3.63) is 90.8 Å². The zero-order chi connectivity index (χ0) is 21.5. The van der Waals surface area contributed by atoms with Gasteiger partial charge in [-0.25, -0.2) is 4.68 Å². The Kier molecular flexibility index (Phi) is 6.18. The molecular weight excluding hydrogens is 394 g/mol. The SMILES string of the molecule is C[C@@H](Oc1cccc(-n2cnnn2)c1)C(=O)Nc1ccc(OCc2ccccc2)cc1. The summed E-state index contributed by atoms with van der Waals surface area (Å²) in [5, 5.41) is 13.9. The molecule has 1 amide bonds. The maximum Gasteiger partial charge on any atom is 0.265 e. The largest absolute Gasteiger partial charge is 0.489 e. The molecule has 1 atom stereocenters. The second kappa shape index (κ2) is 9.53. The summed E-state index contributed by atoms with van der Waals surface area (Å²) in [6.45, 7) is 2.18. The first-order chi connectivity index (χ1) is 15.2. The summed E-state index contributed by atoms with van der Waals surface area (Å²) in [5.41, 5.74) is 2.49. The van der Waals surface area contributed by atoms with E-state index in [1.807, 2.05) is 54.6 Å². The van der Waals surface area contributed by atoms with Gasteiger partial charge in [-0.15, -0.1) is 5.10 Å². The Bertz CT molecular complexity index is 1120. The van der Waals surface area contributed by atoms with Gasteiger partial charge in [-0.1, -0.05) is 36.4 Å². The first kappa shape index (κ1) is 20.1. The summed E-state index contributed by atoms with van der Waals surface area (Å²) in [5.74, 6) is 1.01. The van der Waals surface area contributed by atoms with Gasteiger partial charge in [-0.3, -0.25) is 4.79 Å². The molecule has 0 spiro atoms. The van der Waals surface area contributed by atoms with E-state index in [9.17, 15) is 4.79 Å². The lowest BCUT2D eigenvalue weighted by molar-refractivity contribution is -0.122. The van der Waals surface area contributed by atoms with Crippen molar-refractivity contribution in [3.63, 3.8) is 0 Å². The van der Waals surface area contributed by atoms with E-state index < -0.39 is 6.10 Å². The van der Waals surface area contributed by atoms with E-state index in [1.54, 1.807) is 31.2 Å². The van der Waals surface area contributed by atoms with Crippen LogP contribution < -0.4 is 14.8 Å². The highest BCUT2D eigenvalue weighted by atomic mass is 16.5. The minimum atomic E-state index is -0.696. The van der Waals surface area contributed by atoms with Crippen LogP contribution in [0, 0.1) is 0 Å². The van der Waals surface area contributed by atoms with Gasteiger partial charge in [0.1, 0.15) is 24.4 Å². The summed E-state index contributed by atoms with van der Waals surface area (Å²) in [6, 6.07) is 24.4. The van der Waals surface area contributed by atoms with Gasteiger partial charge in [0.2, 0.25) is 0 Å². The van der Waals surface area contributed by atoms with Gasteiger partial charge in [0.25, 0.3) is 5.91 Å². The normalized spacial score (nSPS) is 11.5. The van der Waals surface area contributed by atoms with Gasteiger partial charge in [-0.05, 0) is 59.3 Å². The molecule has 0 saturated heterocycles. The predicted octanol–water partition coefficient (Wildman–Crippen LogP) is 3.65. The van der Waals surface area contributed by atoms with Crippen molar-refractivity contribution >= 4 is 11.6 Å². The quantitative estimate of drug-likeness (QED) is 0.472. The monoisotopic (exact) mass is 415 g/mol. The van der Waals surface area contributed by atoms with Crippen molar-refractivity contribution in [1.29, 1.82) is 0 Å². The first-order valence-electron chi connectivity index (χ1n) is 9.75. The van der Waals surface area contributed by atoms with Gasteiger partial charge in [0.05, 0.1) is 5.69 Å². The van der Waals surface area contributed by atoms with Crippen LogP contribution >= 0.6 is 0 Å². The maximum absolute atomic E-state index is 12.5. The third kappa shape index (κ3) is 5.45. The van der Waals surface area contributed by atoms with Crippen molar-refractivity contribution in [3.8, 4) is 17.2 Å². The van der Waals surface area contributed by atoms with Gasteiger partial charge in [0, 0.05) is 11.8 Å². The smallest absolute Gasteiger partial charge is 0.265 e. The van der Waals surface area contributed by atoms with Crippen LogP contribution in [0.3, 0.4) is 0 Å². The fourth-order valence-electron chi connectivity index (χ4n) is 2.86. The van der Waals surface area contributed by atoms with Crippen molar-refractivity contribution in [1.82, 2.24) is 20.2 Å². The Hall–Kier alpha value is -4.20. The van der Waals surface area contributed by atoms with Crippen LogP contribution in [0.2, 0.25) is 0 Å². The average Bonchev–Trinajstić information content (AvgIpc) is 3.35. The lowest BCUT2D eigenvalue weighted by Gasteiger charge is -2.15. The van der Waals surface area contributed by atoms with Gasteiger partial charge < -0.3 is 14.8 Å². The van der Waals surface area contributed by atoms with E-state index in [2.05, 4.69) is 20.8 Å². The van der Waals surface area contributed by atoms with E-state index in [0.717, 1.165) is 17.0 Å². The van der Waals surface area contributed by atoms with Crippen LogP contribution in [0.25, 0.3) is 5.69 Å². The molecular formula is C23H21N5O3. The van der Waals surface area contributed by atoms with E-state index in [-0.39, 0.29) is 5.91 Å². The third-order valence-corrected chi connectivity index (χ3v) is 4.48. The zero-order valence-electron chi connectivity index (χ0n) is 16.9. The molecule has 0 aliphatic carbocycles. The molecule has 3 aromatic carbocycles. The Morgan fingerprint density at radius 2 is 1.81 bits per heavy atom. The van der Waals surface area contributed by atoms with E-state index in [1.165, 1.54) is 11.0 Å². The third-order valence-electron chi connectivity index (χ3n) is 4.48. The molecule has 1 heterocycles. The van der Waals surface area contributed by atoms with Crippen LogP contribution in [0.5, 0.6) is 11.5 Å². The molecule has 31 heavy (non-hydrogen) atoms. The van der Waals surface area contributed by atoms with Crippen LogP contribution in [0.4, 0.5) is 5.69 Å². The molecule has 1 N–H and O–H groups in total. The Balaban J connectivity index is 1.31. The standard InChI is InChI=1S/C23H21N5O3/c1-17(31-22-9-5-8-20(14-22)28-16-24-26-27-28)23(29)25-19-10-12-21(13-11-19)30-15-18-6-3-2-4-7-18/h2-14,16-17H,15H2,1H3,(H,25,29)/t17-/m1/s1. The molecule has 0 aliphatic rings. The van der Waals surface area contributed by atoms with Crippen LogP contribution in [0.15, 0.2) is 85.2 Å². The van der Waals surface area contributed by atoms with E-state index in [4.69, 9.17) is 9.47 Å². The number of hydrogen-bond donors (Lipinski definition) is 1. The second-order valence-electron chi connectivity index (χ2n) is 6.80. The highest BCUT2D eigenvalue weighted by Gasteiger charge is 2.15. The molecule has 156 valence electrons. The number of carbonyl (C=O) groups is 1. The fraction of sp³-hybridized carbons (Fsp3) is 0.130. The molecule has 8 nitrogen and oxygen atoms in total. The summed E-state index contributed by atoms with van der Waals surface area (Å²) < 4.78 is 13.1. The molecule has 1 aromatic heterocycles. The molecule has 4 aromatic rings. The number of amides is 1. The molecule has 0 radical (unpaired) electrons. The first-order valence-corrected chi connectivity index (χ1v) is 9.75. The predicted molar refractivity (Wildman–Crippen MR) is 115 cm³/mol. The molecule has 0 saturated carbocycles. The molecule has 0 fully saturated rings. The topological polar surface area (TPSA) is 91.2 Å². The second-order valence-corrected chi connectivity index (χ2v) is 6.80. The fourth-order valence-corrected chi connectivity index (χ4v) is 2.86. The number of benzene rings is 3. The van der Waals surface area contributed by atoms with Crippen LogP contribution in [0.1, 0.15) is 12.5 Å². The van der Waals surface area contributed by atoms with Crippen molar-refractivity contribution in [2.45, 2.75) is 19.6 Å². The number of tetrazole rings is 1. The molecule has 0 unspecified atom stereocenters. The number of aromatic nitrogens is 4. The van der Waals surface area contributed by atoms with Crippen molar-refractivity contribution < 1.29 is 14.3 Å². The average molecular weight is 415 g/mol. The summed E-state index contributed by atoms with van der Waals surface area (Å²) in [4.78, 5) is 12.5. The number of nitrogens with zero attached hydrogens (tertiary/aromatic N) is 4. The van der Waals surface area contributed by atoms with Crippen LogP contribution in [-0.2, 0) is 11.4 Å². The van der Waals surface area contributed by atoms with E-state index >= 15 is 0 Å². The van der Waals surface area contributed by atoms with Crippen molar-refractivity contribution in [2.24, 2.45) is 0 Å². The Morgan fingerprint density at radius 1 is 1.00 bits per heavy atom. The van der Waals surface area contributed by atoms with Gasteiger partial charge in [0.15, 0.2) is 6.10 Å². The van der Waals surface area contributed by atoms with Gasteiger partial charge in [-0.2, -0.15) is 0 Å². The minimum Gasteiger partial charge on any atom is -0.489 e. The van der Waals surface area contributed by atoms with Crippen LogP contribution in [-0.4, -0.2) is 32.2 Å². The molecule has 4 rings (SSSR count). The number of anilines is 1. The van der Waals surface area contributed by atoms with Crippen molar-refractivity contribution in [2.75, 3.05) is 5.32 Å². The molecule has 0 bridgehead atoms. The highest BCUT2D eigenvalue weighted by Crippen LogP contribution is 2.19. The molecule has 8 heteroatoms. The summed E-state index contributed by atoms with van der Waals surface area (Å²) in [7, 11) is 0. The highest BCUT2D eigenvalue weighted by molar-refractivity contribution is 5.94. The van der Waals surface area contributed by atoms with E-state index in [0.29, 0.717) is 18.0 Å². The Morgan fingerprint density at radius 3 is 2.55 bits per heavy atom. The minimum absolute atomic E-state index is 0.259. The number of ether oxygens (including phenoxy) is 2. The summed E-state index contributed by atoms with van der Waals surface area (Å²) in [6.07, 6.45) is 0.792. The van der Waals surface area contributed by atoms with Gasteiger partial charge >= 0.3 is 0 Å². The molecule has 0 aliphatic heterocycles. The Labute approximate surface area is 179 Å².